The molecule has 0 fully saturated rings. The maximum Gasteiger partial charge on any atom is 0.188 e. The van der Waals surface area contributed by atoms with E-state index in [0.717, 1.165) is 11.4 Å². The molecule has 0 aromatic carbocycles. The number of aromatic nitrogens is 4. The maximum atomic E-state index is 11.8. The van der Waals surface area contributed by atoms with E-state index in [0.29, 0.717) is 12.1 Å². The van der Waals surface area contributed by atoms with Gasteiger partial charge in [0.25, 0.3) is 0 Å². The average Bonchev–Trinajstić information content (AvgIpc) is 2.59. The van der Waals surface area contributed by atoms with Gasteiger partial charge in [0.15, 0.2) is 5.78 Å². The number of carbonyl (C=O) groups is 1. The predicted octanol–water partition coefficient (Wildman–Crippen LogP) is 0.944. The van der Waals surface area contributed by atoms with Crippen molar-refractivity contribution in [1.29, 1.82) is 0 Å². The van der Waals surface area contributed by atoms with Gasteiger partial charge in [-0.05, 0) is 13.0 Å². The Morgan fingerprint density at radius 1 is 1.44 bits per heavy atom. The number of carbonyl (C=O) groups excluding carboxylic acids is 1. The molecule has 0 spiro atoms. The van der Waals surface area contributed by atoms with Crippen LogP contribution in [0.15, 0.2) is 24.7 Å². The first kappa shape index (κ1) is 10.5. The molecule has 0 aliphatic heterocycles. The summed E-state index contributed by atoms with van der Waals surface area (Å²) in [6, 6.07) is 1.90. The summed E-state index contributed by atoms with van der Waals surface area (Å²) >= 11 is 0. The fourth-order valence-electron chi connectivity index (χ4n) is 1.53. The summed E-state index contributed by atoms with van der Waals surface area (Å²) in [5.41, 5.74) is 2.18. The van der Waals surface area contributed by atoms with Crippen molar-refractivity contribution in [2.45, 2.75) is 13.3 Å². The fraction of sp³-hybridized carbons (Fsp3) is 0.273. The van der Waals surface area contributed by atoms with E-state index in [1.165, 1.54) is 12.4 Å². The minimum Gasteiger partial charge on any atom is -0.292 e. The normalized spacial score (nSPS) is 10.4. The Morgan fingerprint density at radius 2 is 2.25 bits per heavy atom. The van der Waals surface area contributed by atoms with Gasteiger partial charge >= 0.3 is 0 Å². The zero-order chi connectivity index (χ0) is 11.5. The number of hydrogen-bond donors (Lipinski definition) is 0. The quantitative estimate of drug-likeness (QED) is 0.716. The number of rotatable bonds is 3. The molecule has 0 saturated carbocycles. The van der Waals surface area contributed by atoms with Crippen molar-refractivity contribution in [3.8, 4) is 0 Å². The fourth-order valence-corrected chi connectivity index (χ4v) is 1.53. The van der Waals surface area contributed by atoms with Crippen LogP contribution in [0.25, 0.3) is 0 Å². The van der Waals surface area contributed by atoms with E-state index in [2.05, 4.69) is 15.1 Å². The average molecular weight is 216 g/mol. The van der Waals surface area contributed by atoms with E-state index in [1.807, 2.05) is 20.0 Å². The molecular weight excluding hydrogens is 204 g/mol. The molecule has 2 heterocycles. The molecule has 2 aromatic rings. The van der Waals surface area contributed by atoms with Crippen LogP contribution in [-0.4, -0.2) is 25.5 Å². The lowest BCUT2D eigenvalue weighted by Gasteiger charge is -2.00. The lowest BCUT2D eigenvalue weighted by Crippen LogP contribution is -2.09. The molecule has 5 heteroatoms. The molecule has 16 heavy (non-hydrogen) atoms. The van der Waals surface area contributed by atoms with E-state index in [1.54, 1.807) is 10.9 Å². The van der Waals surface area contributed by atoms with Gasteiger partial charge in [0.05, 0.1) is 18.3 Å². The van der Waals surface area contributed by atoms with Crippen LogP contribution in [-0.2, 0) is 13.5 Å². The van der Waals surface area contributed by atoms with E-state index < -0.39 is 0 Å². The van der Waals surface area contributed by atoms with Crippen molar-refractivity contribution < 1.29 is 4.79 Å². The van der Waals surface area contributed by atoms with Crippen LogP contribution in [0.1, 0.15) is 21.9 Å². The summed E-state index contributed by atoms with van der Waals surface area (Å²) in [4.78, 5) is 19.7. The third-order valence-corrected chi connectivity index (χ3v) is 2.29. The molecule has 0 bridgehead atoms. The van der Waals surface area contributed by atoms with Gasteiger partial charge in [-0.25, -0.2) is 4.98 Å². The zero-order valence-electron chi connectivity index (χ0n) is 9.21. The summed E-state index contributed by atoms with van der Waals surface area (Å²) in [7, 11) is 1.83. The molecule has 2 aromatic heterocycles. The molecule has 0 aliphatic rings. The zero-order valence-corrected chi connectivity index (χ0v) is 9.21. The van der Waals surface area contributed by atoms with Crippen molar-refractivity contribution in [3.05, 3.63) is 41.7 Å². The summed E-state index contributed by atoms with van der Waals surface area (Å²) < 4.78 is 1.71. The van der Waals surface area contributed by atoms with Crippen molar-refractivity contribution in [2.75, 3.05) is 0 Å². The molecule has 0 unspecified atom stereocenters. The highest BCUT2D eigenvalue weighted by Gasteiger charge is 2.11. The molecule has 5 nitrogen and oxygen atoms in total. The maximum absolute atomic E-state index is 11.8. The predicted molar refractivity (Wildman–Crippen MR) is 58.0 cm³/mol. The second kappa shape index (κ2) is 4.22. The summed E-state index contributed by atoms with van der Waals surface area (Å²) in [6.45, 7) is 1.90. The minimum absolute atomic E-state index is 0.0453. The minimum atomic E-state index is -0.0453. The number of ketones is 1. The topological polar surface area (TPSA) is 60.7 Å². The Kier molecular flexibility index (Phi) is 2.76. The van der Waals surface area contributed by atoms with Gasteiger partial charge in [0, 0.05) is 25.1 Å². The van der Waals surface area contributed by atoms with Crippen molar-refractivity contribution in [1.82, 2.24) is 19.7 Å². The highest BCUT2D eigenvalue weighted by Crippen LogP contribution is 2.06. The molecule has 82 valence electrons. The third-order valence-electron chi connectivity index (χ3n) is 2.29. The van der Waals surface area contributed by atoms with Gasteiger partial charge in [0.2, 0.25) is 0 Å². The van der Waals surface area contributed by atoms with Gasteiger partial charge < -0.3 is 0 Å². The lowest BCUT2D eigenvalue weighted by molar-refractivity contribution is 0.0985. The van der Waals surface area contributed by atoms with Crippen LogP contribution >= 0.6 is 0 Å². The first-order chi connectivity index (χ1) is 7.66. The third kappa shape index (κ3) is 2.13. The Bertz CT molecular complexity index is 504. The van der Waals surface area contributed by atoms with Crippen LogP contribution in [0, 0.1) is 6.92 Å². The molecule has 0 atom stereocenters. The number of nitrogens with zero attached hydrogens (tertiary/aromatic N) is 4. The van der Waals surface area contributed by atoms with Crippen LogP contribution in [0.2, 0.25) is 0 Å². The molecule has 2 rings (SSSR count). The molecule has 0 N–H and O–H groups in total. The van der Waals surface area contributed by atoms with Crippen LogP contribution in [0.3, 0.4) is 0 Å². The van der Waals surface area contributed by atoms with E-state index in [-0.39, 0.29) is 5.78 Å². The molecular formula is C11H12N4O. The molecule has 0 aliphatic carbocycles. The monoisotopic (exact) mass is 216 g/mol. The van der Waals surface area contributed by atoms with Crippen LogP contribution in [0.5, 0.6) is 0 Å². The van der Waals surface area contributed by atoms with Gasteiger partial charge in [-0.2, -0.15) is 5.10 Å². The number of hydrogen-bond acceptors (Lipinski definition) is 4. The SMILES string of the molecule is Cc1cc(CC(=O)c2cnccn2)n(C)n1. The Labute approximate surface area is 93.2 Å². The summed E-state index contributed by atoms with van der Waals surface area (Å²) in [6.07, 6.45) is 4.84. The number of Topliss-reactive ketones (excluding diaryl/α,β-unsaturated/α-hetero) is 1. The lowest BCUT2D eigenvalue weighted by atomic mass is 10.1. The molecule has 0 saturated heterocycles. The van der Waals surface area contributed by atoms with Crippen LogP contribution in [0.4, 0.5) is 0 Å². The van der Waals surface area contributed by atoms with E-state index in [4.69, 9.17) is 0 Å². The van der Waals surface area contributed by atoms with Crippen LogP contribution < -0.4 is 0 Å². The van der Waals surface area contributed by atoms with Crippen molar-refractivity contribution in [2.24, 2.45) is 7.05 Å². The van der Waals surface area contributed by atoms with Crippen molar-refractivity contribution >= 4 is 5.78 Å². The van der Waals surface area contributed by atoms with E-state index >= 15 is 0 Å². The first-order valence-electron chi connectivity index (χ1n) is 4.95. The Hall–Kier alpha value is -2.04. The van der Waals surface area contributed by atoms with Gasteiger partial charge in [0.1, 0.15) is 5.69 Å². The van der Waals surface area contributed by atoms with E-state index in [9.17, 15) is 4.79 Å². The second-order valence-corrected chi connectivity index (χ2v) is 3.59. The highest BCUT2D eigenvalue weighted by molar-refractivity contribution is 5.95. The van der Waals surface area contributed by atoms with Gasteiger partial charge in [-0.3, -0.25) is 14.5 Å². The van der Waals surface area contributed by atoms with Gasteiger partial charge in [-0.1, -0.05) is 0 Å². The second-order valence-electron chi connectivity index (χ2n) is 3.59. The van der Waals surface area contributed by atoms with Gasteiger partial charge in [-0.15, -0.1) is 0 Å². The van der Waals surface area contributed by atoms with Crippen molar-refractivity contribution in [3.63, 3.8) is 0 Å². The standard InChI is InChI=1S/C11H12N4O/c1-8-5-9(15(2)14-8)6-11(16)10-7-12-3-4-13-10/h3-5,7H,6H2,1-2H3. The largest absolute Gasteiger partial charge is 0.292 e. The molecule has 0 radical (unpaired) electrons. The number of aryl methyl sites for hydroxylation is 2. The summed E-state index contributed by atoms with van der Waals surface area (Å²) in [5.74, 6) is -0.0453. The highest BCUT2D eigenvalue weighted by atomic mass is 16.1. The first-order valence-corrected chi connectivity index (χ1v) is 4.95. The summed E-state index contributed by atoms with van der Waals surface area (Å²) in [5, 5.41) is 4.19. The Morgan fingerprint density at radius 3 is 2.81 bits per heavy atom. The smallest absolute Gasteiger partial charge is 0.188 e. The Balaban J connectivity index is 2.17. The molecule has 0 amide bonds.